The molecule has 0 fully saturated rings. The Morgan fingerprint density at radius 2 is 2.28 bits per heavy atom. The number of rotatable bonds is 4. The van der Waals surface area contributed by atoms with Gasteiger partial charge < -0.3 is 10.6 Å². The summed E-state index contributed by atoms with van der Waals surface area (Å²) < 4.78 is 0. The molecule has 0 amide bonds. The molecule has 0 saturated carbocycles. The molecule has 0 saturated heterocycles. The minimum Gasteiger partial charge on any atom is -0.357 e. The molecule has 0 aliphatic carbocycles. The summed E-state index contributed by atoms with van der Waals surface area (Å²) in [6, 6.07) is 3.64. The number of aromatic nitrogens is 1. The van der Waals surface area contributed by atoms with Crippen molar-refractivity contribution in [3.63, 3.8) is 0 Å². The lowest BCUT2D eigenvalue weighted by atomic mass is 10.3. The number of nitrogens with one attached hydrogen (secondary N) is 2. The molecule has 1 aromatic heterocycles. The molecule has 0 atom stereocenters. The van der Waals surface area contributed by atoms with Gasteiger partial charge >= 0.3 is 0 Å². The van der Waals surface area contributed by atoms with Gasteiger partial charge in [-0.2, -0.15) is 0 Å². The maximum atomic E-state index is 5.70. The summed E-state index contributed by atoms with van der Waals surface area (Å²) in [5.74, 6) is 3.20. The Bertz CT molecular complexity index is 411. The molecule has 1 rings (SSSR count). The highest BCUT2D eigenvalue weighted by atomic mass is 127. The van der Waals surface area contributed by atoms with Crippen LogP contribution in [0.15, 0.2) is 23.3 Å². The fourth-order valence-electron chi connectivity index (χ4n) is 1.15. The highest BCUT2D eigenvalue weighted by Gasteiger charge is 1.96. The molecule has 0 radical (unpaired) electrons. The van der Waals surface area contributed by atoms with Gasteiger partial charge in [-0.05, 0) is 18.6 Å². The summed E-state index contributed by atoms with van der Waals surface area (Å²) in [6.07, 6.45) is 6.88. The molecule has 98 valence electrons. The second-order valence-electron chi connectivity index (χ2n) is 3.24. The lowest BCUT2D eigenvalue weighted by molar-refractivity contribution is 0.864. The normalized spacial score (nSPS) is 10.2. The summed E-state index contributed by atoms with van der Waals surface area (Å²) in [5, 5.41) is 6.59. The van der Waals surface area contributed by atoms with E-state index in [-0.39, 0.29) is 24.0 Å². The summed E-state index contributed by atoms with van der Waals surface area (Å²) in [4.78, 5) is 8.35. The first-order chi connectivity index (χ1) is 8.26. The second kappa shape index (κ2) is 9.97. The van der Waals surface area contributed by atoms with Crippen molar-refractivity contribution >= 4 is 41.5 Å². The van der Waals surface area contributed by atoms with Crippen molar-refractivity contribution < 1.29 is 0 Å². The van der Waals surface area contributed by atoms with Crippen molar-refractivity contribution in [2.75, 3.05) is 13.1 Å². The molecule has 18 heavy (non-hydrogen) atoms. The largest absolute Gasteiger partial charge is 0.357 e. The predicted octanol–water partition coefficient (Wildman–Crippen LogP) is 2.04. The molecule has 0 aliphatic heterocycles. The molecular weight excluding hydrogens is 363 g/mol. The summed E-state index contributed by atoms with van der Waals surface area (Å²) in [6.45, 7) is 3.76. The van der Waals surface area contributed by atoms with Crippen LogP contribution in [0.2, 0.25) is 5.15 Å². The zero-order valence-electron chi connectivity index (χ0n) is 10.1. The monoisotopic (exact) mass is 378 g/mol. The van der Waals surface area contributed by atoms with Crippen LogP contribution in [0.25, 0.3) is 0 Å². The van der Waals surface area contributed by atoms with Crippen LogP contribution in [0.1, 0.15) is 12.5 Å². The van der Waals surface area contributed by atoms with Crippen molar-refractivity contribution in [2.45, 2.75) is 13.5 Å². The number of hydrogen-bond acceptors (Lipinski definition) is 2. The van der Waals surface area contributed by atoms with Crippen molar-refractivity contribution in [1.29, 1.82) is 0 Å². The quantitative estimate of drug-likeness (QED) is 0.277. The number of pyridine rings is 1. The number of nitrogens with zero attached hydrogens (tertiary/aromatic N) is 2. The molecule has 0 aliphatic rings. The van der Waals surface area contributed by atoms with Crippen LogP contribution < -0.4 is 10.6 Å². The van der Waals surface area contributed by atoms with Crippen LogP contribution in [0.4, 0.5) is 0 Å². The van der Waals surface area contributed by atoms with Gasteiger partial charge in [-0.1, -0.05) is 23.6 Å². The van der Waals surface area contributed by atoms with Crippen molar-refractivity contribution in [1.82, 2.24) is 15.6 Å². The molecule has 1 heterocycles. The van der Waals surface area contributed by atoms with E-state index in [4.69, 9.17) is 18.0 Å². The number of hydrogen-bond donors (Lipinski definition) is 2. The van der Waals surface area contributed by atoms with Crippen molar-refractivity contribution in [3.8, 4) is 12.3 Å². The van der Waals surface area contributed by atoms with Crippen molar-refractivity contribution in [3.05, 3.63) is 29.0 Å². The van der Waals surface area contributed by atoms with Gasteiger partial charge in [0, 0.05) is 12.7 Å². The first kappa shape index (κ1) is 17.0. The van der Waals surface area contributed by atoms with Crippen LogP contribution >= 0.6 is 35.6 Å². The fourth-order valence-corrected chi connectivity index (χ4v) is 1.26. The SMILES string of the molecule is C#CCNC(=NCc1ccc(Cl)nc1)NCC.I. The topological polar surface area (TPSA) is 49.3 Å². The Hall–Kier alpha value is -1.000. The molecule has 0 unspecified atom stereocenters. The van der Waals surface area contributed by atoms with Crippen molar-refractivity contribution in [2.24, 2.45) is 4.99 Å². The second-order valence-corrected chi connectivity index (χ2v) is 3.63. The van der Waals surface area contributed by atoms with Gasteiger partial charge in [-0.15, -0.1) is 30.4 Å². The van der Waals surface area contributed by atoms with E-state index in [1.807, 2.05) is 13.0 Å². The minimum absolute atomic E-state index is 0. The van der Waals surface area contributed by atoms with Crippen LogP contribution in [0.3, 0.4) is 0 Å². The number of halogens is 2. The van der Waals surface area contributed by atoms with E-state index < -0.39 is 0 Å². The van der Waals surface area contributed by atoms with Gasteiger partial charge in [-0.3, -0.25) is 0 Å². The lowest BCUT2D eigenvalue weighted by Crippen LogP contribution is -2.37. The van der Waals surface area contributed by atoms with E-state index in [1.54, 1.807) is 12.3 Å². The van der Waals surface area contributed by atoms with E-state index in [1.165, 1.54) is 0 Å². The summed E-state index contributed by atoms with van der Waals surface area (Å²) >= 11 is 5.70. The van der Waals surface area contributed by atoms with Gasteiger partial charge in [0.15, 0.2) is 5.96 Å². The first-order valence-corrected chi connectivity index (χ1v) is 5.70. The number of aliphatic imine (C=N–C) groups is 1. The third-order valence-electron chi connectivity index (χ3n) is 1.91. The van der Waals surface area contributed by atoms with E-state index in [9.17, 15) is 0 Å². The van der Waals surface area contributed by atoms with Gasteiger partial charge in [0.05, 0.1) is 13.1 Å². The van der Waals surface area contributed by atoms with E-state index in [0.29, 0.717) is 24.2 Å². The zero-order chi connectivity index (χ0) is 12.5. The average Bonchev–Trinajstić information content (AvgIpc) is 2.35. The lowest BCUT2D eigenvalue weighted by Gasteiger charge is -2.08. The predicted molar refractivity (Wildman–Crippen MR) is 86.3 cm³/mol. The Kier molecular flexibility index (Phi) is 9.42. The van der Waals surface area contributed by atoms with E-state index in [0.717, 1.165) is 12.1 Å². The Balaban J connectivity index is 0.00000289. The first-order valence-electron chi connectivity index (χ1n) is 5.32. The van der Waals surface area contributed by atoms with Gasteiger partial charge in [-0.25, -0.2) is 9.98 Å². The third kappa shape index (κ3) is 6.67. The molecule has 4 nitrogen and oxygen atoms in total. The van der Waals surface area contributed by atoms with Gasteiger partial charge in [0.1, 0.15) is 5.15 Å². The Morgan fingerprint density at radius 3 is 2.83 bits per heavy atom. The summed E-state index contributed by atoms with van der Waals surface area (Å²) in [7, 11) is 0. The van der Waals surface area contributed by atoms with Crippen LogP contribution in [0, 0.1) is 12.3 Å². The van der Waals surface area contributed by atoms with Crippen LogP contribution in [-0.4, -0.2) is 24.0 Å². The smallest absolute Gasteiger partial charge is 0.192 e. The van der Waals surface area contributed by atoms with E-state index >= 15 is 0 Å². The fraction of sp³-hybridized carbons (Fsp3) is 0.333. The third-order valence-corrected chi connectivity index (χ3v) is 2.13. The van der Waals surface area contributed by atoms with Gasteiger partial charge in [0.2, 0.25) is 0 Å². The van der Waals surface area contributed by atoms with Crippen LogP contribution in [0.5, 0.6) is 0 Å². The maximum absolute atomic E-state index is 5.70. The highest BCUT2D eigenvalue weighted by Crippen LogP contribution is 2.05. The Labute approximate surface area is 130 Å². The maximum Gasteiger partial charge on any atom is 0.192 e. The summed E-state index contributed by atoms with van der Waals surface area (Å²) in [5.41, 5.74) is 0.993. The molecular formula is C12H16ClIN4. The number of guanidine groups is 1. The molecule has 0 aromatic carbocycles. The van der Waals surface area contributed by atoms with Gasteiger partial charge in [0.25, 0.3) is 0 Å². The molecule has 2 N–H and O–H groups in total. The molecule has 0 spiro atoms. The highest BCUT2D eigenvalue weighted by molar-refractivity contribution is 14.0. The average molecular weight is 379 g/mol. The van der Waals surface area contributed by atoms with E-state index in [2.05, 4.69) is 26.5 Å². The standard InChI is InChI=1S/C12H15ClN4.HI/c1-3-7-15-12(14-4-2)17-9-10-5-6-11(13)16-8-10;/h1,5-6,8H,4,7,9H2,2H3,(H2,14,15,17);1H. The number of terminal acetylenes is 1. The zero-order valence-corrected chi connectivity index (χ0v) is 13.2. The molecule has 0 bridgehead atoms. The molecule has 1 aromatic rings. The Morgan fingerprint density at radius 1 is 1.50 bits per heavy atom. The van der Waals surface area contributed by atoms with Crippen LogP contribution in [-0.2, 0) is 6.54 Å². The molecule has 6 heteroatoms. The minimum atomic E-state index is 0.